The van der Waals surface area contributed by atoms with Crippen LogP contribution in [0.4, 0.5) is 0 Å². The molecule has 1 aromatic heterocycles. The fraction of sp³-hybridized carbons (Fsp3) is 0.500. The van der Waals surface area contributed by atoms with Crippen molar-refractivity contribution in [3.8, 4) is 0 Å². The quantitative estimate of drug-likeness (QED) is 0.741. The number of thiophene rings is 1. The standard InChI is InChI=1S/C10H16N2O4S2/c1-7-9(6-8(17-7)10(13)11-2)18(14,15)12-4-5-16-3/h6,12H,4-5H2,1-3H3,(H,11,13). The second-order valence-corrected chi connectivity index (χ2v) is 6.49. The van der Waals surface area contributed by atoms with E-state index < -0.39 is 10.0 Å². The fourth-order valence-electron chi connectivity index (χ4n) is 1.32. The van der Waals surface area contributed by atoms with Gasteiger partial charge in [-0.05, 0) is 13.0 Å². The molecule has 0 spiro atoms. The Kier molecular flexibility index (Phi) is 5.27. The first-order valence-corrected chi connectivity index (χ1v) is 7.53. The molecule has 0 bridgehead atoms. The van der Waals surface area contributed by atoms with Crippen LogP contribution in [0.5, 0.6) is 0 Å². The highest BCUT2D eigenvalue weighted by molar-refractivity contribution is 7.89. The van der Waals surface area contributed by atoms with Gasteiger partial charge in [0.1, 0.15) is 0 Å². The van der Waals surface area contributed by atoms with Gasteiger partial charge in [0.05, 0.1) is 16.4 Å². The molecule has 0 aliphatic heterocycles. The van der Waals surface area contributed by atoms with Crippen molar-refractivity contribution in [2.75, 3.05) is 27.3 Å². The van der Waals surface area contributed by atoms with E-state index in [1.165, 1.54) is 20.2 Å². The fourth-order valence-corrected chi connectivity index (χ4v) is 3.87. The predicted molar refractivity (Wildman–Crippen MR) is 69.5 cm³/mol. The number of methoxy groups -OCH3 is 1. The SMILES string of the molecule is CNC(=O)c1cc(S(=O)(=O)NCCOC)c(C)s1. The summed E-state index contributed by atoms with van der Waals surface area (Å²) in [7, 11) is -0.587. The van der Waals surface area contributed by atoms with Crippen LogP contribution in [0.2, 0.25) is 0 Å². The molecule has 0 aromatic carbocycles. The molecular weight excluding hydrogens is 276 g/mol. The minimum atomic E-state index is -3.58. The van der Waals surface area contributed by atoms with E-state index in [9.17, 15) is 13.2 Å². The second-order valence-electron chi connectivity index (χ2n) is 3.50. The van der Waals surface area contributed by atoms with Crippen LogP contribution in [-0.4, -0.2) is 41.6 Å². The first-order chi connectivity index (χ1) is 8.42. The summed E-state index contributed by atoms with van der Waals surface area (Å²) in [6, 6.07) is 1.38. The molecule has 8 heteroatoms. The van der Waals surface area contributed by atoms with E-state index >= 15 is 0 Å². The number of hydrogen-bond acceptors (Lipinski definition) is 5. The van der Waals surface area contributed by atoms with E-state index in [0.29, 0.717) is 16.4 Å². The van der Waals surface area contributed by atoms with Crippen molar-refractivity contribution < 1.29 is 17.9 Å². The molecule has 0 aliphatic carbocycles. The summed E-state index contributed by atoms with van der Waals surface area (Å²) in [5, 5.41) is 2.46. The molecule has 0 atom stereocenters. The topological polar surface area (TPSA) is 84.5 Å². The molecule has 1 rings (SSSR count). The highest BCUT2D eigenvalue weighted by atomic mass is 32.2. The van der Waals surface area contributed by atoms with Crippen molar-refractivity contribution in [3.05, 3.63) is 15.8 Å². The molecule has 0 unspecified atom stereocenters. The lowest BCUT2D eigenvalue weighted by Gasteiger charge is -2.04. The van der Waals surface area contributed by atoms with Crippen molar-refractivity contribution in [1.82, 2.24) is 10.0 Å². The minimum absolute atomic E-state index is 0.141. The maximum Gasteiger partial charge on any atom is 0.261 e. The molecule has 0 saturated carbocycles. The Morgan fingerprint density at radius 1 is 1.50 bits per heavy atom. The number of nitrogens with one attached hydrogen (secondary N) is 2. The summed E-state index contributed by atoms with van der Waals surface area (Å²) in [6.07, 6.45) is 0. The lowest BCUT2D eigenvalue weighted by molar-refractivity contribution is 0.0967. The van der Waals surface area contributed by atoms with Gasteiger partial charge in [-0.1, -0.05) is 0 Å². The Morgan fingerprint density at radius 3 is 2.72 bits per heavy atom. The molecule has 0 aliphatic rings. The van der Waals surface area contributed by atoms with Crippen molar-refractivity contribution >= 4 is 27.3 Å². The molecule has 0 radical (unpaired) electrons. The lowest BCUT2D eigenvalue weighted by Crippen LogP contribution is -2.27. The summed E-state index contributed by atoms with van der Waals surface area (Å²) in [4.78, 5) is 12.5. The zero-order valence-corrected chi connectivity index (χ0v) is 12.1. The van der Waals surface area contributed by atoms with E-state index in [2.05, 4.69) is 10.0 Å². The van der Waals surface area contributed by atoms with Gasteiger partial charge in [0.2, 0.25) is 10.0 Å². The average molecular weight is 292 g/mol. The van der Waals surface area contributed by atoms with Gasteiger partial charge in [0, 0.05) is 25.6 Å². The molecule has 1 heterocycles. The average Bonchev–Trinajstić information content (AvgIpc) is 2.71. The van der Waals surface area contributed by atoms with Crippen LogP contribution in [0.25, 0.3) is 0 Å². The van der Waals surface area contributed by atoms with Gasteiger partial charge in [-0.2, -0.15) is 0 Å². The third-order valence-electron chi connectivity index (χ3n) is 2.21. The van der Waals surface area contributed by atoms with Crippen molar-refractivity contribution in [2.45, 2.75) is 11.8 Å². The normalized spacial score (nSPS) is 11.5. The smallest absolute Gasteiger partial charge is 0.261 e. The van der Waals surface area contributed by atoms with Crippen molar-refractivity contribution in [3.63, 3.8) is 0 Å². The zero-order valence-electron chi connectivity index (χ0n) is 10.4. The summed E-state index contributed by atoms with van der Waals surface area (Å²) in [6.45, 7) is 2.16. The largest absolute Gasteiger partial charge is 0.383 e. The zero-order chi connectivity index (χ0) is 13.8. The number of aryl methyl sites for hydroxylation is 1. The Labute approximate surface area is 110 Å². The monoisotopic (exact) mass is 292 g/mol. The Hall–Kier alpha value is -0.960. The van der Waals surface area contributed by atoms with Gasteiger partial charge in [0.25, 0.3) is 5.91 Å². The molecule has 18 heavy (non-hydrogen) atoms. The van der Waals surface area contributed by atoms with E-state index in [0.717, 1.165) is 11.3 Å². The van der Waals surface area contributed by atoms with Crippen LogP contribution in [0.3, 0.4) is 0 Å². The summed E-state index contributed by atoms with van der Waals surface area (Å²) in [5.41, 5.74) is 0. The van der Waals surface area contributed by atoms with Crippen LogP contribution in [0, 0.1) is 6.92 Å². The molecule has 0 saturated heterocycles. The highest BCUT2D eigenvalue weighted by Gasteiger charge is 2.21. The summed E-state index contributed by atoms with van der Waals surface area (Å²) >= 11 is 1.15. The maximum atomic E-state index is 12.0. The number of ether oxygens (including phenoxy) is 1. The number of carbonyl (C=O) groups excluding carboxylic acids is 1. The molecule has 0 fully saturated rings. The molecule has 1 amide bonds. The summed E-state index contributed by atoms with van der Waals surface area (Å²) in [5.74, 6) is -0.290. The van der Waals surface area contributed by atoms with Gasteiger partial charge < -0.3 is 10.1 Å². The van der Waals surface area contributed by atoms with Crippen molar-refractivity contribution in [1.29, 1.82) is 0 Å². The number of carbonyl (C=O) groups is 1. The van der Waals surface area contributed by atoms with Gasteiger partial charge in [0.15, 0.2) is 0 Å². The molecule has 102 valence electrons. The molecule has 1 aromatic rings. The third-order valence-corrected chi connectivity index (χ3v) is 4.98. The second kappa shape index (κ2) is 6.28. The Bertz CT molecular complexity index is 522. The first kappa shape index (κ1) is 15.1. The van der Waals surface area contributed by atoms with Gasteiger partial charge >= 0.3 is 0 Å². The maximum absolute atomic E-state index is 12.0. The van der Waals surface area contributed by atoms with Gasteiger partial charge in [-0.3, -0.25) is 4.79 Å². The first-order valence-electron chi connectivity index (χ1n) is 5.23. The minimum Gasteiger partial charge on any atom is -0.383 e. The number of amides is 1. The Balaban J connectivity index is 2.95. The molecular formula is C10H16N2O4S2. The van der Waals surface area contributed by atoms with E-state index in [-0.39, 0.29) is 17.3 Å². The molecule has 2 N–H and O–H groups in total. The highest BCUT2D eigenvalue weighted by Crippen LogP contribution is 2.25. The lowest BCUT2D eigenvalue weighted by atomic mass is 10.4. The van der Waals surface area contributed by atoms with Crippen molar-refractivity contribution in [2.24, 2.45) is 0 Å². The van der Waals surface area contributed by atoms with Crippen LogP contribution in [0.15, 0.2) is 11.0 Å². The summed E-state index contributed by atoms with van der Waals surface area (Å²) < 4.78 is 31.1. The van der Waals surface area contributed by atoms with Crippen LogP contribution in [-0.2, 0) is 14.8 Å². The molecule has 6 nitrogen and oxygen atoms in total. The number of rotatable bonds is 6. The van der Waals surface area contributed by atoms with Crippen LogP contribution < -0.4 is 10.0 Å². The van der Waals surface area contributed by atoms with E-state index in [1.54, 1.807) is 6.92 Å². The van der Waals surface area contributed by atoms with Gasteiger partial charge in [-0.15, -0.1) is 11.3 Å². The van der Waals surface area contributed by atoms with E-state index in [1.807, 2.05) is 0 Å². The third kappa shape index (κ3) is 3.52. The van der Waals surface area contributed by atoms with Gasteiger partial charge in [-0.25, -0.2) is 13.1 Å². The van der Waals surface area contributed by atoms with E-state index in [4.69, 9.17) is 4.74 Å². The van der Waals surface area contributed by atoms with Crippen LogP contribution >= 0.6 is 11.3 Å². The number of sulfonamides is 1. The number of hydrogen-bond donors (Lipinski definition) is 2. The predicted octanol–water partition coefficient (Wildman–Crippen LogP) is 0.341. The van der Waals surface area contributed by atoms with Crippen LogP contribution in [0.1, 0.15) is 14.5 Å². The Morgan fingerprint density at radius 2 is 2.17 bits per heavy atom.